The van der Waals surface area contributed by atoms with Crippen LogP contribution in [0.3, 0.4) is 0 Å². The summed E-state index contributed by atoms with van der Waals surface area (Å²) in [7, 11) is 0. The fourth-order valence-electron chi connectivity index (χ4n) is 5.92. The van der Waals surface area contributed by atoms with Gasteiger partial charge in [0.2, 0.25) is 0 Å². The van der Waals surface area contributed by atoms with Crippen molar-refractivity contribution >= 4 is 0 Å². The molecule has 0 saturated carbocycles. The van der Waals surface area contributed by atoms with Crippen LogP contribution in [0.25, 0.3) is 0 Å². The minimum absolute atomic E-state index is 0.546. The summed E-state index contributed by atoms with van der Waals surface area (Å²) in [5.74, 6) is 0. The summed E-state index contributed by atoms with van der Waals surface area (Å²) in [6.07, 6.45) is 22.2. The Hall–Kier alpha value is -1.76. The molecule has 0 heterocycles. The maximum Gasteiger partial charge on any atom is 0.141 e. The predicted molar refractivity (Wildman–Crippen MR) is 184 cm³/mol. The van der Waals surface area contributed by atoms with Gasteiger partial charge in [0.1, 0.15) is 11.4 Å². The lowest BCUT2D eigenvalue weighted by molar-refractivity contribution is -0.102. The number of rotatable bonds is 27. The number of hydrogen-bond donors (Lipinski definition) is 4. The number of hydrogen-bond acceptors (Lipinski definition) is 5. The second-order valence-corrected chi connectivity index (χ2v) is 12.8. The van der Waals surface area contributed by atoms with Gasteiger partial charge < -0.3 is 15.5 Å². The summed E-state index contributed by atoms with van der Waals surface area (Å²) in [4.78, 5) is 2.09. The van der Waals surface area contributed by atoms with E-state index >= 15 is 0 Å². The first kappa shape index (κ1) is 37.4. The summed E-state index contributed by atoms with van der Waals surface area (Å²) in [5.41, 5.74) is -0.520. The fraction of sp³-hybridized carbons (Fsp3) is 0.684. The molecule has 5 heteroatoms. The van der Waals surface area contributed by atoms with Crippen molar-refractivity contribution in [2.45, 2.75) is 135 Å². The maximum atomic E-state index is 11.6. The van der Waals surface area contributed by atoms with Gasteiger partial charge in [-0.25, -0.2) is 0 Å². The molecule has 0 fully saturated rings. The van der Waals surface area contributed by atoms with Crippen LogP contribution in [0.15, 0.2) is 60.7 Å². The molecular weight excluding hydrogens is 530 g/mol. The third-order valence-corrected chi connectivity index (χ3v) is 8.89. The van der Waals surface area contributed by atoms with Gasteiger partial charge >= 0.3 is 0 Å². The zero-order valence-electron chi connectivity index (χ0n) is 28.0. The SMILES string of the molecule is CCCCCCCCCCCCCCCCCCNCCN(CCNC(C)(O)c1ccccc1)C(C)(O)c1ccccc1. The van der Waals surface area contributed by atoms with Gasteiger partial charge in [0.05, 0.1) is 0 Å². The molecule has 0 amide bonds. The van der Waals surface area contributed by atoms with Crippen LogP contribution in [0.5, 0.6) is 0 Å². The molecule has 0 aromatic heterocycles. The quantitative estimate of drug-likeness (QED) is 0.0616. The number of benzene rings is 2. The zero-order valence-corrected chi connectivity index (χ0v) is 28.0. The lowest BCUT2D eigenvalue weighted by Crippen LogP contribution is -2.51. The van der Waals surface area contributed by atoms with Gasteiger partial charge in [-0.2, -0.15) is 0 Å². The molecule has 4 N–H and O–H groups in total. The highest BCUT2D eigenvalue weighted by atomic mass is 16.3. The van der Waals surface area contributed by atoms with E-state index in [1.165, 1.54) is 103 Å². The minimum atomic E-state index is -1.13. The Morgan fingerprint density at radius 2 is 0.953 bits per heavy atom. The van der Waals surface area contributed by atoms with Gasteiger partial charge in [0, 0.05) is 26.2 Å². The molecule has 0 spiro atoms. The molecule has 0 aliphatic heterocycles. The number of nitrogens with one attached hydrogen (secondary N) is 2. The van der Waals surface area contributed by atoms with Crippen LogP contribution in [0.2, 0.25) is 0 Å². The summed E-state index contributed by atoms with van der Waals surface area (Å²) >= 11 is 0. The van der Waals surface area contributed by atoms with Crippen LogP contribution >= 0.6 is 0 Å². The fourth-order valence-corrected chi connectivity index (χ4v) is 5.92. The van der Waals surface area contributed by atoms with Crippen molar-refractivity contribution in [3.63, 3.8) is 0 Å². The van der Waals surface area contributed by atoms with Gasteiger partial charge in [0.25, 0.3) is 0 Å². The van der Waals surface area contributed by atoms with Crippen LogP contribution in [-0.4, -0.2) is 47.8 Å². The van der Waals surface area contributed by atoms with Crippen molar-refractivity contribution in [1.82, 2.24) is 15.5 Å². The van der Waals surface area contributed by atoms with Crippen molar-refractivity contribution < 1.29 is 10.2 Å². The summed E-state index contributed by atoms with van der Waals surface area (Å²) in [6.45, 7) is 9.63. The standard InChI is InChI=1S/C38H65N3O2/c1-4-5-6-7-8-9-10-11-12-13-14-15-16-17-18-25-30-39-31-33-41(38(3,43)36-28-23-20-24-29-36)34-32-40-37(2,42)35-26-21-19-22-27-35/h19-24,26-29,39-40,42-43H,4-18,25,30-34H2,1-3H3. The molecule has 0 bridgehead atoms. The summed E-state index contributed by atoms with van der Waals surface area (Å²) in [5, 5.41) is 29.4. The average molecular weight is 596 g/mol. The number of nitrogens with zero attached hydrogens (tertiary/aromatic N) is 1. The third-order valence-electron chi connectivity index (χ3n) is 8.89. The normalized spacial score (nSPS) is 14.6. The Morgan fingerprint density at radius 3 is 1.44 bits per heavy atom. The summed E-state index contributed by atoms with van der Waals surface area (Å²) in [6, 6.07) is 19.5. The average Bonchev–Trinajstić information content (AvgIpc) is 3.02. The number of aliphatic hydroxyl groups is 2. The molecule has 0 saturated heterocycles. The van der Waals surface area contributed by atoms with Crippen LogP contribution in [0.1, 0.15) is 135 Å². The van der Waals surface area contributed by atoms with Gasteiger partial charge in [-0.1, -0.05) is 164 Å². The van der Waals surface area contributed by atoms with E-state index in [1.807, 2.05) is 67.6 Å². The Kier molecular flexibility index (Phi) is 19.8. The van der Waals surface area contributed by atoms with Crippen molar-refractivity contribution in [2.75, 3.05) is 32.7 Å². The molecule has 2 unspecified atom stereocenters. The molecule has 2 rings (SSSR count). The van der Waals surface area contributed by atoms with Crippen LogP contribution in [-0.2, 0) is 11.4 Å². The van der Waals surface area contributed by atoms with Crippen molar-refractivity contribution in [1.29, 1.82) is 0 Å². The van der Waals surface area contributed by atoms with E-state index in [4.69, 9.17) is 0 Å². The highest BCUT2D eigenvalue weighted by Crippen LogP contribution is 2.25. The van der Waals surface area contributed by atoms with E-state index in [0.29, 0.717) is 13.1 Å². The van der Waals surface area contributed by atoms with Gasteiger partial charge in [0.15, 0.2) is 0 Å². The highest BCUT2D eigenvalue weighted by Gasteiger charge is 2.31. The van der Waals surface area contributed by atoms with E-state index in [-0.39, 0.29) is 0 Å². The van der Waals surface area contributed by atoms with Crippen molar-refractivity contribution in [3.05, 3.63) is 71.8 Å². The molecule has 5 nitrogen and oxygen atoms in total. The zero-order chi connectivity index (χ0) is 31.1. The topological polar surface area (TPSA) is 67.8 Å². The maximum absolute atomic E-state index is 11.6. The van der Waals surface area contributed by atoms with Crippen molar-refractivity contribution in [3.8, 4) is 0 Å². The Bertz CT molecular complexity index is 904. The van der Waals surface area contributed by atoms with Crippen LogP contribution < -0.4 is 10.6 Å². The highest BCUT2D eigenvalue weighted by molar-refractivity contribution is 5.22. The molecule has 2 aromatic rings. The van der Waals surface area contributed by atoms with Gasteiger partial charge in [-0.3, -0.25) is 10.2 Å². The molecular formula is C38H65N3O2. The Morgan fingerprint density at radius 1 is 0.535 bits per heavy atom. The molecule has 244 valence electrons. The van der Waals surface area contributed by atoms with E-state index < -0.39 is 11.4 Å². The van der Waals surface area contributed by atoms with Gasteiger partial charge in [-0.15, -0.1) is 0 Å². The molecule has 0 aliphatic carbocycles. The molecule has 43 heavy (non-hydrogen) atoms. The lowest BCUT2D eigenvalue weighted by Gasteiger charge is -2.38. The monoisotopic (exact) mass is 596 g/mol. The van der Waals surface area contributed by atoms with E-state index in [1.54, 1.807) is 6.92 Å². The first-order valence-corrected chi connectivity index (χ1v) is 17.6. The van der Waals surface area contributed by atoms with Crippen LogP contribution in [0, 0.1) is 0 Å². The second-order valence-electron chi connectivity index (χ2n) is 12.8. The molecule has 0 aliphatic rings. The van der Waals surface area contributed by atoms with Gasteiger partial charge in [-0.05, 0) is 37.9 Å². The third kappa shape index (κ3) is 16.2. The second kappa shape index (κ2) is 22.7. The molecule has 0 radical (unpaired) electrons. The van der Waals surface area contributed by atoms with E-state index in [2.05, 4.69) is 22.5 Å². The molecule has 2 aromatic carbocycles. The predicted octanol–water partition coefficient (Wildman–Crippen LogP) is 8.46. The Labute approximate surface area is 264 Å². The minimum Gasteiger partial charge on any atom is -0.372 e. The van der Waals surface area contributed by atoms with Crippen molar-refractivity contribution in [2.24, 2.45) is 0 Å². The Balaban J connectivity index is 1.58. The first-order chi connectivity index (χ1) is 20.9. The first-order valence-electron chi connectivity index (χ1n) is 17.6. The number of unbranched alkanes of at least 4 members (excludes halogenated alkanes) is 15. The molecule has 2 atom stereocenters. The smallest absolute Gasteiger partial charge is 0.141 e. The largest absolute Gasteiger partial charge is 0.372 e. The summed E-state index contributed by atoms with van der Waals surface area (Å²) < 4.78 is 0. The van der Waals surface area contributed by atoms with E-state index in [0.717, 1.165) is 30.8 Å². The van der Waals surface area contributed by atoms with E-state index in [9.17, 15) is 10.2 Å². The van der Waals surface area contributed by atoms with Crippen LogP contribution in [0.4, 0.5) is 0 Å². The lowest BCUT2D eigenvalue weighted by atomic mass is 10.0.